The summed E-state index contributed by atoms with van der Waals surface area (Å²) in [4.78, 5) is 4.85. The molecule has 2 rings (SSSR count). The molecule has 1 N–H and O–H groups in total. The normalized spacial score (nSPS) is 12.7. The predicted octanol–water partition coefficient (Wildman–Crippen LogP) is 2.16. The van der Waals surface area contributed by atoms with E-state index < -0.39 is 6.10 Å². The zero-order chi connectivity index (χ0) is 12.4. The highest BCUT2D eigenvalue weighted by molar-refractivity contribution is 7.99. The lowest BCUT2D eigenvalue weighted by molar-refractivity contribution is 0.196. The third-order valence-corrected chi connectivity index (χ3v) is 3.44. The first-order chi connectivity index (χ1) is 8.08. The van der Waals surface area contributed by atoms with Gasteiger partial charge in [0.2, 0.25) is 0 Å². The molecule has 0 unspecified atom stereocenters. The Kier molecular flexibility index (Phi) is 3.44. The van der Waals surface area contributed by atoms with Crippen molar-refractivity contribution in [2.75, 3.05) is 0 Å². The fraction of sp³-hybridized carbons (Fsp3) is 0.273. The Hall–Kier alpha value is -1.40. The van der Waals surface area contributed by atoms with Crippen molar-refractivity contribution >= 4 is 11.8 Å². The zero-order valence-corrected chi connectivity index (χ0v) is 10.3. The molecule has 0 fully saturated rings. The van der Waals surface area contributed by atoms with Gasteiger partial charge in [0, 0.05) is 11.9 Å². The molecule has 1 atom stereocenters. The van der Waals surface area contributed by atoms with Crippen LogP contribution in [0.25, 0.3) is 0 Å². The van der Waals surface area contributed by atoms with Gasteiger partial charge >= 0.3 is 0 Å². The summed E-state index contributed by atoms with van der Waals surface area (Å²) in [5.74, 6) is -0.358. The van der Waals surface area contributed by atoms with Crippen LogP contribution in [-0.4, -0.2) is 19.9 Å². The van der Waals surface area contributed by atoms with Crippen molar-refractivity contribution in [2.24, 2.45) is 7.05 Å². The van der Waals surface area contributed by atoms with Crippen molar-refractivity contribution < 1.29 is 9.50 Å². The summed E-state index contributed by atoms with van der Waals surface area (Å²) in [5, 5.41) is 14.3. The van der Waals surface area contributed by atoms with Gasteiger partial charge in [-0.3, -0.25) is 0 Å². The van der Waals surface area contributed by atoms with E-state index in [1.807, 2.05) is 0 Å². The Morgan fingerprint density at radius 3 is 2.82 bits per heavy atom. The highest BCUT2D eigenvalue weighted by Gasteiger charge is 2.12. The monoisotopic (exact) mass is 253 g/mol. The number of hydrogen-bond acceptors (Lipinski definition) is 4. The highest BCUT2D eigenvalue weighted by Crippen LogP contribution is 2.32. The lowest BCUT2D eigenvalue weighted by atomic mass is 10.1. The summed E-state index contributed by atoms with van der Waals surface area (Å²) in [6.07, 6.45) is 0.731. The second-order valence-corrected chi connectivity index (χ2v) is 4.64. The molecule has 0 aliphatic heterocycles. The van der Waals surface area contributed by atoms with Crippen LogP contribution in [0.2, 0.25) is 0 Å². The average molecular weight is 253 g/mol. The van der Waals surface area contributed by atoms with Gasteiger partial charge in [-0.2, -0.15) is 5.10 Å². The molecule has 0 aliphatic rings. The molecule has 0 spiro atoms. The maximum atomic E-state index is 13.1. The van der Waals surface area contributed by atoms with Crippen molar-refractivity contribution in [3.05, 3.63) is 35.9 Å². The van der Waals surface area contributed by atoms with E-state index in [-0.39, 0.29) is 5.82 Å². The molecule has 90 valence electrons. The van der Waals surface area contributed by atoms with Gasteiger partial charge in [0.05, 0.1) is 6.10 Å². The summed E-state index contributed by atoms with van der Waals surface area (Å²) >= 11 is 1.35. The first-order valence-corrected chi connectivity index (χ1v) is 5.89. The molecule has 0 amide bonds. The molecule has 6 heteroatoms. The van der Waals surface area contributed by atoms with Gasteiger partial charge < -0.3 is 5.11 Å². The number of aliphatic hydroxyl groups excluding tert-OH is 1. The molecule has 1 heterocycles. The smallest absolute Gasteiger partial charge is 0.190 e. The molecule has 17 heavy (non-hydrogen) atoms. The minimum Gasteiger partial charge on any atom is -0.389 e. The van der Waals surface area contributed by atoms with Crippen LogP contribution >= 0.6 is 11.8 Å². The fourth-order valence-corrected chi connectivity index (χ4v) is 2.37. The SMILES string of the molecule is C[C@@H](O)c1cc(F)ccc1Sc1ncnn1C. The fourth-order valence-electron chi connectivity index (χ4n) is 1.42. The van der Waals surface area contributed by atoms with Crippen LogP contribution in [0.15, 0.2) is 34.6 Å². The average Bonchev–Trinajstić information content (AvgIpc) is 2.67. The van der Waals surface area contributed by atoms with E-state index in [0.29, 0.717) is 10.7 Å². The molecule has 1 aromatic heterocycles. The van der Waals surface area contributed by atoms with Crippen LogP contribution in [0.4, 0.5) is 4.39 Å². The van der Waals surface area contributed by atoms with Crippen LogP contribution < -0.4 is 0 Å². The number of aryl methyl sites for hydroxylation is 1. The Labute approximate surface area is 102 Å². The highest BCUT2D eigenvalue weighted by atomic mass is 32.2. The quantitative estimate of drug-likeness (QED) is 0.910. The van der Waals surface area contributed by atoms with E-state index in [4.69, 9.17) is 0 Å². The lowest BCUT2D eigenvalue weighted by Crippen LogP contribution is -1.97. The standard InChI is InChI=1S/C11H12FN3OS/c1-7(16)9-5-8(12)3-4-10(9)17-11-13-6-14-15(11)2/h3-7,16H,1-2H3/t7-/m1/s1. The lowest BCUT2D eigenvalue weighted by Gasteiger charge is -2.10. The van der Waals surface area contributed by atoms with Gasteiger partial charge in [-0.25, -0.2) is 14.1 Å². The van der Waals surface area contributed by atoms with Crippen LogP contribution in [-0.2, 0) is 7.05 Å². The third kappa shape index (κ3) is 2.65. The van der Waals surface area contributed by atoms with Gasteiger partial charge in [-0.05, 0) is 42.4 Å². The van der Waals surface area contributed by atoms with Crippen molar-refractivity contribution in [2.45, 2.75) is 23.1 Å². The van der Waals surface area contributed by atoms with Gasteiger partial charge in [0.1, 0.15) is 12.1 Å². The third-order valence-electron chi connectivity index (χ3n) is 2.29. The molecular weight excluding hydrogens is 241 g/mol. The first-order valence-electron chi connectivity index (χ1n) is 5.07. The van der Waals surface area contributed by atoms with Crippen molar-refractivity contribution in [3.8, 4) is 0 Å². The van der Waals surface area contributed by atoms with Gasteiger partial charge in [-0.15, -0.1) is 0 Å². The number of aliphatic hydroxyl groups is 1. The second kappa shape index (κ2) is 4.85. The number of halogens is 1. The number of aromatic nitrogens is 3. The number of hydrogen-bond donors (Lipinski definition) is 1. The van der Waals surface area contributed by atoms with Gasteiger partial charge in [0.15, 0.2) is 5.16 Å². The Balaban J connectivity index is 2.36. The van der Waals surface area contributed by atoms with E-state index in [0.717, 1.165) is 4.90 Å². The summed E-state index contributed by atoms with van der Waals surface area (Å²) in [6.45, 7) is 1.61. The van der Waals surface area contributed by atoms with Crippen molar-refractivity contribution in [1.29, 1.82) is 0 Å². The first kappa shape index (κ1) is 12.1. The molecule has 0 aliphatic carbocycles. The van der Waals surface area contributed by atoms with Gasteiger partial charge in [-0.1, -0.05) is 0 Å². The molecule has 0 saturated carbocycles. The Morgan fingerprint density at radius 2 is 2.24 bits per heavy atom. The largest absolute Gasteiger partial charge is 0.389 e. The number of rotatable bonds is 3. The van der Waals surface area contributed by atoms with Crippen LogP contribution in [0.3, 0.4) is 0 Å². The molecule has 4 nitrogen and oxygen atoms in total. The van der Waals surface area contributed by atoms with E-state index in [2.05, 4.69) is 10.1 Å². The molecular formula is C11H12FN3OS. The predicted molar refractivity (Wildman–Crippen MR) is 62.2 cm³/mol. The molecule has 0 saturated heterocycles. The topological polar surface area (TPSA) is 50.9 Å². The molecule has 1 aromatic carbocycles. The molecule has 2 aromatic rings. The summed E-state index contributed by atoms with van der Waals surface area (Å²) in [6, 6.07) is 4.34. The van der Waals surface area contributed by atoms with E-state index in [1.165, 1.54) is 30.2 Å². The number of nitrogens with zero attached hydrogens (tertiary/aromatic N) is 3. The number of benzene rings is 1. The second-order valence-electron chi connectivity index (χ2n) is 3.63. The van der Waals surface area contributed by atoms with E-state index >= 15 is 0 Å². The Bertz CT molecular complexity index is 527. The van der Waals surface area contributed by atoms with Crippen molar-refractivity contribution in [1.82, 2.24) is 14.8 Å². The molecule has 0 radical (unpaired) electrons. The van der Waals surface area contributed by atoms with Crippen LogP contribution in [0.5, 0.6) is 0 Å². The van der Waals surface area contributed by atoms with Crippen LogP contribution in [0, 0.1) is 5.82 Å². The minimum atomic E-state index is -0.721. The van der Waals surface area contributed by atoms with Crippen LogP contribution in [0.1, 0.15) is 18.6 Å². The summed E-state index contributed by atoms with van der Waals surface area (Å²) in [5.41, 5.74) is 0.554. The zero-order valence-electron chi connectivity index (χ0n) is 9.46. The Morgan fingerprint density at radius 1 is 1.47 bits per heavy atom. The maximum Gasteiger partial charge on any atom is 0.190 e. The van der Waals surface area contributed by atoms with E-state index in [1.54, 1.807) is 24.7 Å². The van der Waals surface area contributed by atoms with Gasteiger partial charge in [0.25, 0.3) is 0 Å². The van der Waals surface area contributed by atoms with E-state index in [9.17, 15) is 9.50 Å². The summed E-state index contributed by atoms with van der Waals surface area (Å²) < 4.78 is 14.7. The molecule has 0 bridgehead atoms. The minimum absolute atomic E-state index is 0.358. The maximum absolute atomic E-state index is 13.1. The van der Waals surface area contributed by atoms with Crippen molar-refractivity contribution in [3.63, 3.8) is 0 Å². The summed E-state index contributed by atoms with van der Waals surface area (Å²) in [7, 11) is 1.78.